The molecule has 0 unspecified atom stereocenters. The average molecular weight is 248 g/mol. The molecule has 1 aliphatic rings. The summed E-state index contributed by atoms with van der Waals surface area (Å²) in [5, 5.41) is 1.03. The van der Waals surface area contributed by atoms with E-state index in [1.165, 1.54) is 37.0 Å². The number of carbonyl (C=O) groups excluding carboxylic acids is 1. The molecule has 1 aromatic heterocycles. The number of hydrogen-bond acceptors (Lipinski definition) is 4. The van der Waals surface area contributed by atoms with Gasteiger partial charge in [-0.2, -0.15) is 0 Å². The molecule has 14 heavy (non-hydrogen) atoms. The number of rotatable bonds is 3. The molecule has 1 aliphatic carbocycles. The Morgan fingerprint density at radius 2 is 2.21 bits per heavy atom. The molecule has 0 spiro atoms. The van der Waals surface area contributed by atoms with Gasteiger partial charge in [-0.15, -0.1) is 11.3 Å². The molecule has 76 valence electrons. The van der Waals surface area contributed by atoms with Crippen LogP contribution in [0.25, 0.3) is 0 Å². The Hall–Kier alpha value is -0.0600. The van der Waals surface area contributed by atoms with Crippen LogP contribution >= 0.6 is 34.7 Å². The third-order valence-electron chi connectivity index (χ3n) is 2.27. The maximum atomic E-state index is 10.6. The zero-order chi connectivity index (χ0) is 9.97. The van der Waals surface area contributed by atoms with Crippen molar-refractivity contribution in [1.29, 1.82) is 0 Å². The summed E-state index contributed by atoms with van der Waals surface area (Å²) in [6.07, 6.45) is 5.93. The minimum Gasteiger partial charge on any atom is -0.297 e. The van der Waals surface area contributed by atoms with Gasteiger partial charge in [0.1, 0.15) is 4.88 Å². The molecule has 1 aromatic rings. The Labute approximate surface area is 96.1 Å². The van der Waals surface area contributed by atoms with Gasteiger partial charge in [-0.1, -0.05) is 36.2 Å². The van der Waals surface area contributed by atoms with Crippen LogP contribution in [0.3, 0.4) is 0 Å². The van der Waals surface area contributed by atoms with Crippen LogP contribution in [0.15, 0.2) is 4.34 Å². The Kier molecular flexibility index (Phi) is 3.47. The van der Waals surface area contributed by atoms with Crippen molar-refractivity contribution < 1.29 is 4.79 Å². The van der Waals surface area contributed by atoms with Gasteiger partial charge in [0, 0.05) is 5.25 Å². The molecule has 0 radical (unpaired) electrons. The largest absolute Gasteiger partial charge is 0.297 e. The van der Waals surface area contributed by atoms with E-state index >= 15 is 0 Å². The van der Waals surface area contributed by atoms with Gasteiger partial charge in [0.2, 0.25) is 0 Å². The Morgan fingerprint density at radius 3 is 2.79 bits per heavy atom. The molecule has 5 heteroatoms. The van der Waals surface area contributed by atoms with Crippen LogP contribution in [0.2, 0.25) is 5.15 Å². The molecule has 1 saturated carbocycles. The van der Waals surface area contributed by atoms with E-state index in [0.29, 0.717) is 15.3 Å². The maximum Gasteiger partial charge on any atom is 0.163 e. The van der Waals surface area contributed by atoms with Crippen LogP contribution in [-0.4, -0.2) is 16.5 Å². The molecule has 0 N–H and O–H groups in total. The average Bonchev–Trinajstić information content (AvgIpc) is 2.76. The van der Waals surface area contributed by atoms with Crippen molar-refractivity contribution in [1.82, 2.24) is 4.98 Å². The topological polar surface area (TPSA) is 30.0 Å². The van der Waals surface area contributed by atoms with E-state index in [4.69, 9.17) is 11.6 Å². The van der Waals surface area contributed by atoms with E-state index in [1.54, 1.807) is 11.8 Å². The number of carbonyl (C=O) groups is 1. The molecular weight excluding hydrogens is 238 g/mol. The molecule has 2 nitrogen and oxygen atoms in total. The highest BCUT2D eigenvalue weighted by atomic mass is 35.5. The van der Waals surface area contributed by atoms with E-state index in [9.17, 15) is 4.79 Å². The maximum absolute atomic E-state index is 10.6. The van der Waals surface area contributed by atoms with Crippen molar-refractivity contribution in [3.05, 3.63) is 10.0 Å². The zero-order valence-corrected chi connectivity index (χ0v) is 9.92. The van der Waals surface area contributed by atoms with Gasteiger partial charge >= 0.3 is 0 Å². The van der Waals surface area contributed by atoms with Crippen LogP contribution in [-0.2, 0) is 0 Å². The first kappa shape index (κ1) is 10.5. The van der Waals surface area contributed by atoms with Crippen LogP contribution in [0.5, 0.6) is 0 Å². The molecule has 1 fully saturated rings. The Bertz CT molecular complexity index is 334. The number of halogens is 1. The van der Waals surface area contributed by atoms with Crippen molar-refractivity contribution >= 4 is 41.0 Å². The number of aldehydes is 1. The number of thiazole rings is 1. The first-order valence-corrected chi connectivity index (χ1v) is 6.65. The standard InChI is InChI=1S/C9H10ClNOS2/c10-8-7(5-12)14-9(11-8)13-6-3-1-2-4-6/h5-6H,1-4H2. The normalized spacial score (nSPS) is 17.5. The van der Waals surface area contributed by atoms with Crippen molar-refractivity contribution in [2.24, 2.45) is 0 Å². The second-order valence-electron chi connectivity index (χ2n) is 3.28. The summed E-state index contributed by atoms with van der Waals surface area (Å²) >= 11 is 8.95. The van der Waals surface area contributed by atoms with Gasteiger partial charge in [-0.3, -0.25) is 4.79 Å². The minimum absolute atomic E-state index is 0.352. The second-order valence-corrected chi connectivity index (χ2v) is 6.21. The molecule has 0 aromatic carbocycles. The summed E-state index contributed by atoms with van der Waals surface area (Å²) in [6, 6.07) is 0. The SMILES string of the molecule is O=Cc1sc(SC2CCCC2)nc1Cl. The summed E-state index contributed by atoms with van der Waals surface area (Å²) in [7, 11) is 0. The van der Waals surface area contributed by atoms with Crippen molar-refractivity contribution in [3.63, 3.8) is 0 Å². The number of nitrogens with zero attached hydrogens (tertiary/aromatic N) is 1. The lowest BCUT2D eigenvalue weighted by Crippen LogP contribution is -1.92. The second kappa shape index (κ2) is 4.64. The van der Waals surface area contributed by atoms with E-state index < -0.39 is 0 Å². The fourth-order valence-electron chi connectivity index (χ4n) is 1.57. The van der Waals surface area contributed by atoms with Gasteiger partial charge in [-0.25, -0.2) is 4.98 Å². The fourth-order valence-corrected chi connectivity index (χ4v) is 4.28. The highest BCUT2D eigenvalue weighted by molar-refractivity contribution is 8.01. The molecule has 0 aliphatic heterocycles. The van der Waals surface area contributed by atoms with Crippen LogP contribution in [0.4, 0.5) is 0 Å². The quantitative estimate of drug-likeness (QED) is 0.764. The van der Waals surface area contributed by atoms with Gasteiger partial charge < -0.3 is 0 Å². The summed E-state index contributed by atoms with van der Waals surface area (Å²) in [5.41, 5.74) is 0. The van der Waals surface area contributed by atoms with Crippen LogP contribution in [0.1, 0.15) is 35.4 Å². The summed E-state index contributed by atoms with van der Waals surface area (Å²) in [6.45, 7) is 0. The molecule has 1 heterocycles. The predicted octanol–water partition coefficient (Wildman–Crippen LogP) is 3.64. The molecule has 0 amide bonds. The van der Waals surface area contributed by atoms with Crippen molar-refractivity contribution in [2.45, 2.75) is 35.3 Å². The van der Waals surface area contributed by atoms with Crippen molar-refractivity contribution in [2.75, 3.05) is 0 Å². The molecule has 0 bridgehead atoms. The lowest BCUT2D eigenvalue weighted by Gasteiger charge is -2.03. The fraction of sp³-hybridized carbons (Fsp3) is 0.556. The summed E-state index contributed by atoms with van der Waals surface area (Å²) in [4.78, 5) is 15.3. The first-order chi connectivity index (χ1) is 6.79. The number of thioether (sulfide) groups is 1. The number of aromatic nitrogens is 1. The van der Waals surface area contributed by atoms with Crippen LogP contribution in [0, 0.1) is 0 Å². The molecule has 0 saturated heterocycles. The van der Waals surface area contributed by atoms with Gasteiger partial charge in [-0.05, 0) is 12.8 Å². The summed E-state index contributed by atoms with van der Waals surface area (Å²) < 4.78 is 0.934. The van der Waals surface area contributed by atoms with Gasteiger partial charge in [0.25, 0.3) is 0 Å². The van der Waals surface area contributed by atoms with E-state index in [0.717, 1.165) is 10.6 Å². The van der Waals surface area contributed by atoms with E-state index in [-0.39, 0.29) is 0 Å². The highest BCUT2D eigenvalue weighted by Crippen LogP contribution is 2.38. The highest BCUT2D eigenvalue weighted by Gasteiger charge is 2.19. The zero-order valence-electron chi connectivity index (χ0n) is 7.53. The third-order valence-corrected chi connectivity index (χ3v) is 5.08. The van der Waals surface area contributed by atoms with E-state index in [2.05, 4.69) is 4.98 Å². The molecular formula is C9H10ClNOS2. The van der Waals surface area contributed by atoms with Gasteiger partial charge in [0.15, 0.2) is 15.8 Å². The van der Waals surface area contributed by atoms with Crippen LogP contribution < -0.4 is 0 Å². The minimum atomic E-state index is 0.352. The smallest absolute Gasteiger partial charge is 0.163 e. The molecule has 0 atom stereocenters. The predicted molar refractivity (Wildman–Crippen MR) is 60.6 cm³/mol. The van der Waals surface area contributed by atoms with E-state index in [1.807, 2.05) is 0 Å². The lowest BCUT2D eigenvalue weighted by atomic mass is 10.4. The summed E-state index contributed by atoms with van der Waals surface area (Å²) in [5.74, 6) is 0. The molecule has 2 rings (SSSR count). The van der Waals surface area contributed by atoms with Gasteiger partial charge in [0.05, 0.1) is 0 Å². The third kappa shape index (κ3) is 2.30. The Morgan fingerprint density at radius 1 is 1.50 bits per heavy atom. The Balaban J connectivity index is 2.04. The lowest BCUT2D eigenvalue weighted by molar-refractivity contribution is 0.112. The monoisotopic (exact) mass is 247 g/mol. The first-order valence-electron chi connectivity index (χ1n) is 4.58. The number of hydrogen-bond donors (Lipinski definition) is 0. The van der Waals surface area contributed by atoms with Crippen molar-refractivity contribution in [3.8, 4) is 0 Å².